The highest BCUT2D eigenvalue weighted by Gasteiger charge is 2.36. The molecular weight excluding hydrogens is 188 g/mol. The van der Waals surface area contributed by atoms with Crippen LogP contribution in [0.2, 0.25) is 0 Å². The lowest BCUT2D eigenvalue weighted by Crippen LogP contribution is -2.45. The Hall–Kier alpha value is -0.480. The highest BCUT2D eigenvalue weighted by Crippen LogP contribution is 2.23. The zero-order valence-electron chi connectivity index (χ0n) is 8.67. The number of alkyl halides is 2. The summed E-state index contributed by atoms with van der Waals surface area (Å²) in [4.78, 5) is 1.45. The first kappa shape index (κ1) is 11.6. The van der Waals surface area contributed by atoms with Gasteiger partial charge in [0.25, 0.3) is 0 Å². The van der Waals surface area contributed by atoms with Crippen LogP contribution < -0.4 is 0 Å². The van der Waals surface area contributed by atoms with Crippen LogP contribution in [-0.4, -0.2) is 42.7 Å². The van der Waals surface area contributed by atoms with Crippen LogP contribution in [0.1, 0.15) is 13.8 Å². The van der Waals surface area contributed by atoms with Gasteiger partial charge in [0, 0.05) is 12.6 Å². The van der Waals surface area contributed by atoms with Gasteiger partial charge >= 0.3 is 0 Å². The van der Waals surface area contributed by atoms with Crippen LogP contribution in [0.5, 0.6) is 0 Å². The number of nitrogens with zero attached hydrogens (tertiary/aromatic N) is 1. The molecule has 0 spiro atoms. The second-order valence-electron chi connectivity index (χ2n) is 3.95. The fourth-order valence-electron chi connectivity index (χ4n) is 1.50. The third kappa shape index (κ3) is 2.51. The molecule has 0 aromatic heterocycles. The van der Waals surface area contributed by atoms with Crippen molar-refractivity contribution in [2.75, 3.05) is 19.8 Å². The standard InChI is InChI=1S/C10H17F2NO/c1-4-10(12)6-13(8(2)3)9(11)5-14-7-10/h4,8-9H,1,5-7H2,2-3H3. The predicted molar refractivity (Wildman–Crippen MR) is 51.6 cm³/mol. The van der Waals surface area contributed by atoms with Gasteiger partial charge in [0.1, 0.15) is 0 Å². The first-order valence-electron chi connectivity index (χ1n) is 4.78. The number of halogens is 2. The molecule has 0 aromatic rings. The minimum absolute atomic E-state index is 0.00926. The number of hydrogen-bond acceptors (Lipinski definition) is 2. The van der Waals surface area contributed by atoms with E-state index in [1.54, 1.807) is 0 Å². The lowest BCUT2D eigenvalue weighted by Gasteiger charge is -2.30. The molecule has 0 saturated carbocycles. The molecule has 2 unspecified atom stereocenters. The van der Waals surface area contributed by atoms with Crippen LogP contribution in [0.15, 0.2) is 12.7 Å². The maximum Gasteiger partial charge on any atom is 0.177 e. The van der Waals surface area contributed by atoms with E-state index in [2.05, 4.69) is 6.58 Å². The normalized spacial score (nSPS) is 35.6. The van der Waals surface area contributed by atoms with Crippen molar-refractivity contribution in [2.45, 2.75) is 31.9 Å². The molecule has 0 bridgehead atoms. The molecule has 14 heavy (non-hydrogen) atoms. The fraction of sp³-hybridized carbons (Fsp3) is 0.800. The van der Waals surface area contributed by atoms with Crippen molar-refractivity contribution in [3.05, 3.63) is 12.7 Å². The van der Waals surface area contributed by atoms with Gasteiger partial charge in [-0.15, -0.1) is 0 Å². The third-order valence-corrected chi connectivity index (χ3v) is 2.43. The van der Waals surface area contributed by atoms with Gasteiger partial charge in [-0.3, -0.25) is 4.90 Å². The molecule has 1 saturated heterocycles. The van der Waals surface area contributed by atoms with Gasteiger partial charge in [0.2, 0.25) is 0 Å². The first-order valence-corrected chi connectivity index (χ1v) is 4.78. The maximum atomic E-state index is 13.9. The lowest BCUT2D eigenvalue weighted by atomic mass is 10.1. The lowest BCUT2D eigenvalue weighted by molar-refractivity contribution is 0.0112. The van der Waals surface area contributed by atoms with E-state index in [0.29, 0.717) is 0 Å². The Morgan fingerprint density at radius 1 is 1.64 bits per heavy atom. The van der Waals surface area contributed by atoms with Crippen molar-refractivity contribution >= 4 is 0 Å². The van der Waals surface area contributed by atoms with E-state index in [-0.39, 0.29) is 25.8 Å². The molecule has 4 heteroatoms. The largest absolute Gasteiger partial charge is 0.373 e. The van der Waals surface area contributed by atoms with Crippen molar-refractivity contribution in [1.82, 2.24) is 4.90 Å². The van der Waals surface area contributed by atoms with Gasteiger partial charge in [-0.1, -0.05) is 12.7 Å². The summed E-state index contributed by atoms with van der Waals surface area (Å²) in [5, 5.41) is 0. The molecule has 1 aliphatic rings. The molecule has 0 amide bonds. The Kier molecular flexibility index (Phi) is 3.61. The van der Waals surface area contributed by atoms with E-state index in [1.165, 1.54) is 11.0 Å². The summed E-state index contributed by atoms with van der Waals surface area (Å²) in [6, 6.07) is -0.0400. The fourth-order valence-corrected chi connectivity index (χ4v) is 1.50. The maximum absolute atomic E-state index is 13.9. The molecule has 1 rings (SSSR count). The Morgan fingerprint density at radius 2 is 2.29 bits per heavy atom. The van der Waals surface area contributed by atoms with Crippen LogP contribution in [0.4, 0.5) is 8.78 Å². The molecule has 1 heterocycles. The minimum atomic E-state index is -1.63. The summed E-state index contributed by atoms with van der Waals surface area (Å²) >= 11 is 0. The highest BCUT2D eigenvalue weighted by molar-refractivity contribution is 5.00. The molecule has 1 aliphatic heterocycles. The van der Waals surface area contributed by atoms with Gasteiger partial charge in [0.05, 0.1) is 13.2 Å². The topological polar surface area (TPSA) is 12.5 Å². The van der Waals surface area contributed by atoms with Gasteiger partial charge in [-0.25, -0.2) is 8.78 Å². The summed E-state index contributed by atoms with van der Waals surface area (Å²) in [6.07, 6.45) is -0.0342. The zero-order chi connectivity index (χ0) is 10.8. The smallest absolute Gasteiger partial charge is 0.177 e. The first-order chi connectivity index (χ1) is 6.48. The van der Waals surface area contributed by atoms with Crippen molar-refractivity contribution in [1.29, 1.82) is 0 Å². The monoisotopic (exact) mass is 205 g/mol. The zero-order valence-corrected chi connectivity index (χ0v) is 8.67. The average Bonchev–Trinajstić information content (AvgIpc) is 2.27. The summed E-state index contributed by atoms with van der Waals surface area (Å²) in [5.41, 5.74) is -1.63. The van der Waals surface area contributed by atoms with Crippen LogP contribution in [-0.2, 0) is 4.74 Å². The minimum Gasteiger partial charge on any atom is -0.373 e. The Morgan fingerprint density at radius 3 is 2.79 bits per heavy atom. The average molecular weight is 205 g/mol. The molecule has 2 nitrogen and oxygen atoms in total. The highest BCUT2D eigenvalue weighted by atomic mass is 19.1. The third-order valence-electron chi connectivity index (χ3n) is 2.43. The Bertz CT molecular complexity index is 210. The Labute approximate surface area is 83.5 Å². The summed E-state index contributed by atoms with van der Waals surface area (Å²) < 4.78 is 32.3. The van der Waals surface area contributed by atoms with E-state index in [1.807, 2.05) is 13.8 Å². The van der Waals surface area contributed by atoms with Gasteiger partial charge < -0.3 is 4.74 Å². The molecule has 0 aromatic carbocycles. The van der Waals surface area contributed by atoms with E-state index in [4.69, 9.17) is 4.74 Å². The number of hydrogen-bond donors (Lipinski definition) is 0. The van der Waals surface area contributed by atoms with Gasteiger partial charge in [0.15, 0.2) is 12.0 Å². The van der Waals surface area contributed by atoms with E-state index in [0.717, 1.165) is 0 Å². The molecule has 82 valence electrons. The molecule has 0 aliphatic carbocycles. The summed E-state index contributed by atoms with van der Waals surface area (Å²) in [6.45, 7) is 6.91. The van der Waals surface area contributed by atoms with Crippen molar-refractivity contribution in [3.8, 4) is 0 Å². The summed E-state index contributed by atoms with van der Waals surface area (Å²) in [7, 11) is 0. The second kappa shape index (κ2) is 4.36. The SMILES string of the molecule is C=CC1(F)COCC(F)N(C(C)C)C1. The molecule has 0 radical (unpaired) electrons. The molecule has 1 fully saturated rings. The van der Waals surface area contributed by atoms with Crippen molar-refractivity contribution < 1.29 is 13.5 Å². The molecule has 2 atom stereocenters. The van der Waals surface area contributed by atoms with E-state index >= 15 is 0 Å². The molecular formula is C10H17F2NO. The van der Waals surface area contributed by atoms with Gasteiger partial charge in [-0.2, -0.15) is 0 Å². The van der Waals surface area contributed by atoms with E-state index < -0.39 is 12.0 Å². The van der Waals surface area contributed by atoms with Crippen LogP contribution >= 0.6 is 0 Å². The number of ether oxygens (including phenoxy) is 1. The van der Waals surface area contributed by atoms with Crippen LogP contribution in [0, 0.1) is 0 Å². The number of rotatable bonds is 2. The Balaban J connectivity index is 2.76. The predicted octanol–water partition coefficient (Wildman–Crippen LogP) is 1.92. The van der Waals surface area contributed by atoms with Crippen molar-refractivity contribution in [2.24, 2.45) is 0 Å². The summed E-state index contributed by atoms with van der Waals surface area (Å²) in [5.74, 6) is 0. The van der Waals surface area contributed by atoms with Crippen LogP contribution in [0.25, 0.3) is 0 Å². The second-order valence-corrected chi connectivity index (χ2v) is 3.95. The van der Waals surface area contributed by atoms with Gasteiger partial charge in [-0.05, 0) is 13.8 Å². The van der Waals surface area contributed by atoms with E-state index in [9.17, 15) is 8.78 Å². The van der Waals surface area contributed by atoms with Crippen LogP contribution in [0.3, 0.4) is 0 Å². The quantitative estimate of drug-likeness (QED) is 0.504. The van der Waals surface area contributed by atoms with Crippen molar-refractivity contribution in [3.63, 3.8) is 0 Å². The molecule has 0 N–H and O–H groups in total.